The van der Waals surface area contributed by atoms with Gasteiger partial charge in [0.05, 0.1) is 19.3 Å². The van der Waals surface area contributed by atoms with Gasteiger partial charge >= 0.3 is 6.03 Å². The summed E-state index contributed by atoms with van der Waals surface area (Å²) in [6.07, 6.45) is 2.59. The number of halogens is 3. The van der Waals surface area contributed by atoms with Crippen molar-refractivity contribution >= 4 is 18.7 Å². The fourth-order valence-corrected chi connectivity index (χ4v) is 3.39. The summed E-state index contributed by atoms with van der Waals surface area (Å²) in [6, 6.07) is 1.04. The molecule has 26 heavy (non-hydrogen) atoms. The number of likely N-dealkylation sites (tertiary alicyclic amines) is 1. The molecule has 2 rings (SSSR count). The Morgan fingerprint density at radius 2 is 2.00 bits per heavy atom. The van der Waals surface area contributed by atoms with Gasteiger partial charge in [0.1, 0.15) is 5.82 Å². The number of unbranched alkanes of at least 4 members (excludes halogenated alkanes) is 1. The number of rotatable bonds is 7. The minimum Gasteiger partial charge on any atom is -0.375 e. The lowest BCUT2D eigenvalue weighted by Gasteiger charge is -2.29. The molecule has 1 aliphatic heterocycles. The first kappa shape index (κ1) is 20.9. The van der Waals surface area contributed by atoms with Crippen molar-refractivity contribution in [1.82, 2.24) is 9.80 Å². The maximum atomic E-state index is 13.7. The SMILES string of the molecule is CCCCN(C)C(=O)N1C[C@H](S)C[C@H]1COCc1cc(F)c(F)cc1F. The Labute approximate surface area is 157 Å². The van der Waals surface area contributed by atoms with Crippen LogP contribution in [0, 0.1) is 17.5 Å². The van der Waals surface area contributed by atoms with E-state index in [0.29, 0.717) is 25.6 Å². The van der Waals surface area contributed by atoms with E-state index in [1.165, 1.54) is 0 Å². The van der Waals surface area contributed by atoms with Crippen molar-refractivity contribution in [2.75, 3.05) is 26.7 Å². The summed E-state index contributed by atoms with van der Waals surface area (Å²) in [6.45, 7) is 3.25. The molecule has 1 heterocycles. The van der Waals surface area contributed by atoms with Crippen LogP contribution in [0.2, 0.25) is 0 Å². The monoisotopic (exact) mass is 390 g/mol. The van der Waals surface area contributed by atoms with Crippen LogP contribution in [0.15, 0.2) is 12.1 Å². The minimum atomic E-state index is -1.23. The molecule has 0 spiro atoms. The molecule has 1 aromatic carbocycles. The van der Waals surface area contributed by atoms with Crippen LogP contribution < -0.4 is 0 Å². The number of amides is 2. The Balaban J connectivity index is 1.92. The summed E-state index contributed by atoms with van der Waals surface area (Å²) >= 11 is 4.46. The number of carbonyl (C=O) groups is 1. The smallest absolute Gasteiger partial charge is 0.320 e. The molecule has 4 nitrogen and oxygen atoms in total. The third kappa shape index (κ3) is 5.30. The van der Waals surface area contributed by atoms with E-state index in [9.17, 15) is 18.0 Å². The molecule has 2 atom stereocenters. The van der Waals surface area contributed by atoms with E-state index >= 15 is 0 Å². The third-order valence-electron chi connectivity index (χ3n) is 4.47. The number of nitrogens with zero attached hydrogens (tertiary/aromatic N) is 2. The molecule has 1 saturated heterocycles. The van der Waals surface area contributed by atoms with Crippen molar-refractivity contribution in [3.05, 3.63) is 35.1 Å². The second kappa shape index (κ2) is 9.50. The maximum Gasteiger partial charge on any atom is 0.320 e. The number of thiol groups is 1. The second-order valence-electron chi connectivity index (χ2n) is 6.63. The zero-order valence-corrected chi connectivity index (χ0v) is 15.9. The van der Waals surface area contributed by atoms with Crippen molar-refractivity contribution in [1.29, 1.82) is 0 Å². The highest BCUT2D eigenvalue weighted by Gasteiger charge is 2.35. The number of ether oxygens (including phenoxy) is 1. The predicted molar refractivity (Wildman–Crippen MR) is 96.8 cm³/mol. The molecule has 1 fully saturated rings. The summed E-state index contributed by atoms with van der Waals surface area (Å²) in [7, 11) is 1.76. The van der Waals surface area contributed by atoms with Gasteiger partial charge in [-0.05, 0) is 18.9 Å². The predicted octanol–water partition coefficient (Wildman–Crippen LogP) is 3.85. The number of hydrogen-bond donors (Lipinski definition) is 1. The number of hydrogen-bond acceptors (Lipinski definition) is 3. The molecular formula is C18H25F3N2O2S. The molecule has 2 amide bonds. The summed E-state index contributed by atoms with van der Waals surface area (Å²) in [4.78, 5) is 16.0. The van der Waals surface area contributed by atoms with Gasteiger partial charge in [-0.25, -0.2) is 18.0 Å². The molecule has 0 bridgehead atoms. The summed E-state index contributed by atoms with van der Waals surface area (Å²) in [5.41, 5.74) is -0.0535. The van der Waals surface area contributed by atoms with Crippen molar-refractivity contribution in [3.63, 3.8) is 0 Å². The molecule has 1 aromatic rings. The Hall–Kier alpha value is -1.41. The van der Waals surface area contributed by atoms with E-state index in [4.69, 9.17) is 4.74 Å². The van der Waals surface area contributed by atoms with Crippen LogP contribution in [-0.4, -0.2) is 53.9 Å². The van der Waals surface area contributed by atoms with Crippen LogP contribution in [0.25, 0.3) is 0 Å². The van der Waals surface area contributed by atoms with Crippen LogP contribution in [0.1, 0.15) is 31.7 Å². The van der Waals surface area contributed by atoms with Crippen molar-refractivity contribution in [3.8, 4) is 0 Å². The fourth-order valence-electron chi connectivity index (χ4n) is 2.97. The van der Waals surface area contributed by atoms with Gasteiger partial charge < -0.3 is 14.5 Å². The zero-order chi connectivity index (χ0) is 19.3. The van der Waals surface area contributed by atoms with Gasteiger partial charge in [-0.1, -0.05) is 13.3 Å². The first-order valence-electron chi connectivity index (χ1n) is 8.74. The Bertz CT molecular complexity index is 633. The Morgan fingerprint density at radius 1 is 1.31 bits per heavy atom. The highest BCUT2D eigenvalue weighted by molar-refractivity contribution is 7.81. The quantitative estimate of drug-likeness (QED) is 0.567. The molecule has 0 saturated carbocycles. The molecule has 0 aliphatic carbocycles. The second-order valence-corrected chi connectivity index (χ2v) is 7.36. The highest BCUT2D eigenvalue weighted by atomic mass is 32.1. The van der Waals surface area contributed by atoms with E-state index in [2.05, 4.69) is 19.6 Å². The van der Waals surface area contributed by atoms with E-state index in [1.807, 2.05) is 0 Å². The van der Waals surface area contributed by atoms with Gasteiger partial charge in [0.15, 0.2) is 11.6 Å². The lowest BCUT2D eigenvalue weighted by molar-refractivity contribution is 0.0677. The van der Waals surface area contributed by atoms with Crippen molar-refractivity contribution < 1.29 is 22.7 Å². The first-order valence-corrected chi connectivity index (χ1v) is 9.26. The molecule has 0 unspecified atom stereocenters. The molecule has 146 valence electrons. The van der Waals surface area contributed by atoms with Gasteiger partial charge in [0.25, 0.3) is 0 Å². The summed E-state index contributed by atoms with van der Waals surface area (Å²) < 4.78 is 45.3. The Kier molecular flexibility index (Phi) is 7.64. The molecule has 0 aromatic heterocycles. The van der Waals surface area contributed by atoms with Gasteiger partial charge in [-0.15, -0.1) is 0 Å². The van der Waals surface area contributed by atoms with Gasteiger partial charge in [0, 0.05) is 37.0 Å². The van der Waals surface area contributed by atoms with Crippen molar-refractivity contribution in [2.45, 2.75) is 44.1 Å². The maximum absolute atomic E-state index is 13.7. The number of benzene rings is 1. The lowest BCUT2D eigenvalue weighted by atomic mass is 10.2. The fraction of sp³-hybridized carbons (Fsp3) is 0.611. The average Bonchev–Trinajstić information content (AvgIpc) is 2.97. The number of urea groups is 1. The van der Waals surface area contributed by atoms with E-state index in [1.54, 1.807) is 16.8 Å². The van der Waals surface area contributed by atoms with E-state index in [-0.39, 0.29) is 36.1 Å². The largest absolute Gasteiger partial charge is 0.375 e. The standard InChI is InChI=1S/C18H25F3N2O2S/c1-3-4-5-22(2)18(24)23-9-14(26)7-13(23)11-25-10-12-6-16(20)17(21)8-15(12)19/h6,8,13-14,26H,3-5,7,9-11H2,1-2H3/t13-,14+/m0/s1. The van der Waals surface area contributed by atoms with Crippen LogP contribution in [0.3, 0.4) is 0 Å². The minimum absolute atomic E-state index is 0.0483. The number of carbonyl (C=O) groups excluding carboxylic acids is 1. The van der Waals surface area contributed by atoms with Crippen molar-refractivity contribution in [2.24, 2.45) is 0 Å². The molecule has 8 heteroatoms. The first-order chi connectivity index (χ1) is 12.3. The van der Waals surface area contributed by atoms with Crippen LogP contribution in [0.5, 0.6) is 0 Å². The lowest BCUT2D eigenvalue weighted by Crippen LogP contribution is -2.45. The normalized spacial score (nSPS) is 19.8. The van der Waals surface area contributed by atoms with Crippen LogP contribution >= 0.6 is 12.6 Å². The molecular weight excluding hydrogens is 365 g/mol. The molecule has 0 N–H and O–H groups in total. The average molecular weight is 390 g/mol. The molecule has 0 radical (unpaired) electrons. The van der Waals surface area contributed by atoms with E-state index < -0.39 is 17.5 Å². The molecule has 1 aliphatic rings. The summed E-state index contributed by atoms with van der Waals surface area (Å²) in [5.74, 6) is -3.20. The van der Waals surface area contributed by atoms with Gasteiger partial charge in [-0.2, -0.15) is 12.6 Å². The van der Waals surface area contributed by atoms with E-state index in [0.717, 1.165) is 18.9 Å². The van der Waals surface area contributed by atoms with Gasteiger partial charge in [0.2, 0.25) is 0 Å². The third-order valence-corrected chi connectivity index (χ3v) is 4.84. The zero-order valence-electron chi connectivity index (χ0n) is 15.1. The van der Waals surface area contributed by atoms with Crippen LogP contribution in [0.4, 0.5) is 18.0 Å². The van der Waals surface area contributed by atoms with Crippen LogP contribution in [-0.2, 0) is 11.3 Å². The summed E-state index contributed by atoms with van der Waals surface area (Å²) in [5, 5.41) is 0.0483. The Morgan fingerprint density at radius 3 is 2.69 bits per heavy atom. The van der Waals surface area contributed by atoms with Gasteiger partial charge in [-0.3, -0.25) is 0 Å². The topological polar surface area (TPSA) is 32.8 Å². The highest BCUT2D eigenvalue weighted by Crippen LogP contribution is 2.24.